The summed E-state index contributed by atoms with van der Waals surface area (Å²) in [5.41, 5.74) is 5.58. The Labute approximate surface area is 189 Å². The van der Waals surface area contributed by atoms with Crippen LogP contribution in [0.3, 0.4) is 0 Å². The lowest BCUT2D eigenvalue weighted by Crippen LogP contribution is -2.14. The molecule has 0 saturated heterocycles. The molecule has 0 atom stereocenters. The minimum absolute atomic E-state index is 0.0678. The van der Waals surface area contributed by atoms with Crippen molar-refractivity contribution in [3.63, 3.8) is 0 Å². The Balaban J connectivity index is 1.39. The Morgan fingerprint density at radius 2 is 1.67 bits per heavy atom. The molecular formula is C25H22FN5O2. The Kier molecular flexibility index (Phi) is 5.05. The maximum Gasteiger partial charge on any atom is 0.250 e. The smallest absolute Gasteiger partial charge is 0.250 e. The average molecular weight is 443 g/mol. The molecule has 0 aliphatic rings. The molecule has 0 saturated carbocycles. The van der Waals surface area contributed by atoms with Crippen molar-refractivity contribution in [1.82, 2.24) is 23.9 Å². The molecule has 3 aromatic heterocycles. The van der Waals surface area contributed by atoms with Crippen LogP contribution in [-0.2, 0) is 27.7 Å². The molecule has 0 aliphatic heterocycles. The quantitative estimate of drug-likeness (QED) is 0.411. The number of pyridine rings is 1. The number of rotatable bonds is 5. The van der Waals surface area contributed by atoms with Crippen LogP contribution in [0.5, 0.6) is 5.75 Å². The monoisotopic (exact) mass is 443 g/mol. The van der Waals surface area contributed by atoms with Gasteiger partial charge in [-0.05, 0) is 35.9 Å². The van der Waals surface area contributed by atoms with E-state index in [1.54, 1.807) is 34.9 Å². The van der Waals surface area contributed by atoms with Gasteiger partial charge in [-0.15, -0.1) is 0 Å². The van der Waals surface area contributed by atoms with E-state index in [4.69, 9.17) is 4.74 Å². The lowest BCUT2D eigenvalue weighted by molar-refractivity contribution is 0.300. The second-order valence-corrected chi connectivity index (χ2v) is 8.02. The van der Waals surface area contributed by atoms with E-state index in [0.29, 0.717) is 5.75 Å². The van der Waals surface area contributed by atoms with Crippen LogP contribution in [0.2, 0.25) is 0 Å². The first-order valence-electron chi connectivity index (χ1n) is 10.4. The summed E-state index contributed by atoms with van der Waals surface area (Å²) < 4.78 is 25.2. The third-order valence-corrected chi connectivity index (χ3v) is 5.64. The lowest BCUT2D eigenvalue weighted by Gasteiger charge is -2.09. The fraction of sp³-hybridized carbons (Fsp3) is 0.160. The largest absolute Gasteiger partial charge is 0.487 e. The molecule has 2 aromatic carbocycles. The van der Waals surface area contributed by atoms with Crippen molar-refractivity contribution in [3.8, 4) is 28.0 Å². The molecule has 7 nitrogen and oxygen atoms in total. The van der Waals surface area contributed by atoms with Gasteiger partial charge < -0.3 is 13.9 Å². The zero-order valence-corrected chi connectivity index (χ0v) is 18.5. The standard InChI is InChI=1S/C25H22FN5O2/c1-29-12-17(6-9-24(29)32)21-13-31(3)28-22(21)14-33-19-7-4-16(5-8-19)20-10-18(26)11-23-25(20)27-15-30(23)2/h4-13,15H,14H2,1-3H3. The fourth-order valence-electron chi connectivity index (χ4n) is 3.93. The SMILES string of the molecule is Cn1cc(-c2ccc(=O)n(C)c2)c(COc2ccc(-c3cc(F)cc4c3ncn4C)cc2)n1. The number of benzene rings is 2. The van der Waals surface area contributed by atoms with Crippen LogP contribution in [-0.4, -0.2) is 23.9 Å². The van der Waals surface area contributed by atoms with Crippen molar-refractivity contribution < 1.29 is 9.13 Å². The Bertz CT molecular complexity index is 1530. The third-order valence-electron chi connectivity index (χ3n) is 5.64. The van der Waals surface area contributed by atoms with E-state index in [0.717, 1.165) is 39.0 Å². The molecule has 166 valence electrons. The van der Waals surface area contributed by atoms with Crippen molar-refractivity contribution in [2.75, 3.05) is 0 Å². The van der Waals surface area contributed by atoms with Crippen LogP contribution in [0.15, 0.2) is 72.0 Å². The van der Waals surface area contributed by atoms with Crippen molar-refractivity contribution in [3.05, 3.63) is 89.1 Å². The summed E-state index contributed by atoms with van der Waals surface area (Å²) in [7, 11) is 5.41. The first-order chi connectivity index (χ1) is 15.9. The van der Waals surface area contributed by atoms with E-state index >= 15 is 0 Å². The molecule has 0 amide bonds. The van der Waals surface area contributed by atoms with Gasteiger partial charge in [-0.1, -0.05) is 12.1 Å². The highest BCUT2D eigenvalue weighted by Gasteiger charge is 2.13. The van der Waals surface area contributed by atoms with E-state index in [9.17, 15) is 9.18 Å². The highest BCUT2D eigenvalue weighted by molar-refractivity contribution is 5.92. The van der Waals surface area contributed by atoms with Gasteiger partial charge in [-0.3, -0.25) is 9.48 Å². The summed E-state index contributed by atoms with van der Waals surface area (Å²) in [5, 5.41) is 4.52. The number of ether oxygens (including phenoxy) is 1. The highest BCUT2D eigenvalue weighted by Crippen LogP contribution is 2.30. The first-order valence-corrected chi connectivity index (χ1v) is 10.4. The Hall–Kier alpha value is -4.20. The van der Waals surface area contributed by atoms with Crippen LogP contribution in [0, 0.1) is 5.82 Å². The first kappa shape index (κ1) is 20.7. The zero-order valence-electron chi connectivity index (χ0n) is 18.5. The molecule has 0 bridgehead atoms. The molecule has 0 N–H and O–H groups in total. The summed E-state index contributed by atoms with van der Waals surface area (Å²) in [6, 6.07) is 13.8. The van der Waals surface area contributed by atoms with Crippen molar-refractivity contribution in [2.45, 2.75) is 6.61 Å². The number of hydrogen-bond donors (Lipinski definition) is 0. The average Bonchev–Trinajstić information content (AvgIpc) is 3.36. The minimum atomic E-state index is -0.303. The van der Waals surface area contributed by atoms with E-state index in [-0.39, 0.29) is 18.0 Å². The molecule has 5 rings (SSSR count). The summed E-state index contributed by atoms with van der Waals surface area (Å²) in [4.78, 5) is 16.1. The van der Waals surface area contributed by atoms with Gasteiger partial charge in [0.05, 0.1) is 17.4 Å². The summed E-state index contributed by atoms with van der Waals surface area (Å²) in [6.45, 7) is 0.267. The summed E-state index contributed by atoms with van der Waals surface area (Å²) >= 11 is 0. The third kappa shape index (κ3) is 3.91. The van der Waals surface area contributed by atoms with Gasteiger partial charge >= 0.3 is 0 Å². The Morgan fingerprint density at radius 3 is 2.42 bits per heavy atom. The second-order valence-electron chi connectivity index (χ2n) is 8.02. The van der Waals surface area contributed by atoms with E-state index in [2.05, 4.69) is 10.1 Å². The second kappa shape index (κ2) is 8.05. The molecule has 0 unspecified atom stereocenters. The van der Waals surface area contributed by atoms with Crippen LogP contribution < -0.4 is 10.3 Å². The number of hydrogen-bond acceptors (Lipinski definition) is 4. The fourth-order valence-corrected chi connectivity index (χ4v) is 3.93. The summed E-state index contributed by atoms with van der Waals surface area (Å²) in [6.07, 6.45) is 5.37. The van der Waals surface area contributed by atoms with Gasteiger partial charge in [-0.25, -0.2) is 9.37 Å². The molecule has 3 heterocycles. The van der Waals surface area contributed by atoms with E-state index in [1.165, 1.54) is 22.8 Å². The van der Waals surface area contributed by atoms with Gasteiger partial charge in [0.25, 0.3) is 0 Å². The number of nitrogens with zero attached hydrogens (tertiary/aromatic N) is 5. The van der Waals surface area contributed by atoms with Crippen LogP contribution >= 0.6 is 0 Å². The molecule has 8 heteroatoms. The van der Waals surface area contributed by atoms with E-state index < -0.39 is 0 Å². The minimum Gasteiger partial charge on any atom is -0.487 e. The van der Waals surface area contributed by atoms with Crippen LogP contribution in [0.25, 0.3) is 33.3 Å². The van der Waals surface area contributed by atoms with Gasteiger partial charge in [0.1, 0.15) is 23.9 Å². The number of fused-ring (bicyclic) bond motifs is 1. The normalized spacial score (nSPS) is 11.3. The van der Waals surface area contributed by atoms with Gasteiger partial charge in [0, 0.05) is 56.3 Å². The molecule has 5 aromatic rings. The number of imidazole rings is 1. The van der Waals surface area contributed by atoms with Gasteiger partial charge in [-0.2, -0.15) is 5.10 Å². The molecular weight excluding hydrogens is 421 g/mol. The van der Waals surface area contributed by atoms with Gasteiger partial charge in [0.15, 0.2) is 0 Å². The van der Waals surface area contributed by atoms with Crippen molar-refractivity contribution >= 4 is 11.0 Å². The molecule has 0 fully saturated rings. The number of aryl methyl sites for hydroxylation is 3. The number of aromatic nitrogens is 5. The van der Waals surface area contributed by atoms with E-state index in [1.807, 2.05) is 44.6 Å². The molecule has 0 spiro atoms. The predicted molar refractivity (Wildman–Crippen MR) is 124 cm³/mol. The van der Waals surface area contributed by atoms with Crippen molar-refractivity contribution in [1.29, 1.82) is 0 Å². The lowest BCUT2D eigenvalue weighted by atomic mass is 10.0. The van der Waals surface area contributed by atoms with Crippen LogP contribution in [0.1, 0.15) is 5.69 Å². The summed E-state index contributed by atoms with van der Waals surface area (Å²) in [5.74, 6) is 0.368. The van der Waals surface area contributed by atoms with Crippen molar-refractivity contribution in [2.24, 2.45) is 21.1 Å². The zero-order chi connectivity index (χ0) is 23.1. The maximum atomic E-state index is 14.2. The molecule has 0 aliphatic carbocycles. The van der Waals surface area contributed by atoms with Crippen LogP contribution in [0.4, 0.5) is 4.39 Å². The maximum absolute atomic E-state index is 14.2. The topological polar surface area (TPSA) is 66.9 Å². The Morgan fingerprint density at radius 1 is 0.909 bits per heavy atom. The molecule has 33 heavy (non-hydrogen) atoms. The number of halogens is 1. The highest BCUT2D eigenvalue weighted by atomic mass is 19.1. The predicted octanol–water partition coefficient (Wildman–Crippen LogP) is 4.06. The van der Waals surface area contributed by atoms with Gasteiger partial charge in [0.2, 0.25) is 5.56 Å². The molecule has 0 radical (unpaired) electrons.